The fourth-order valence-corrected chi connectivity index (χ4v) is 1.35. The second-order valence-electron chi connectivity index (χ2n) is 3.55. The Labute approximate surface area is 114 Å². The molecule has 0 bridgehead atoms. The van der Waals surface area contributed by atoms with E-state index in [2.05, 4.69) is 0 Å². The van der Waals surface area contributed by atoms with E-state index in [1.165, 1.54) is 26.4 Å². The molecular formula is C12H14N2O6. The van der Waals surface area contributed by atoms with Crippen LogP contribution < -0.4 is 20.5 Å². The molecule has 3 N–H and O–H groups in total. The second kappa shape index (κ2) is 6.98. The van der Waals surface area contributed by atoms with Crippen molar-refractivity contribution in [2.45, 2.75) is 0 Å². The van der Waals surface area contributed by atoms with Crippen LogP contribution >= 0.6 is 0 Å². The number of urea groups is 1. The molecule has 0 atom stereocenters. The lowest BCUT2D eigenvalue weighted by Gasteiger charge is -2.10. The highest BCUT2D eigenvalue weighted by atomic mass is 16.5. The van der Waals surface area contributed by atoms with Gasteiger partial charge in [-0.1, -0.05) is 0 Å². The van der Waals surface area contributed by atoms with E-state index in [1.54, 1.807) is 11.4 Å². The van der Waals surface area contributed by atoms with Gasteiger partial charge >= 0.3 is 12.0 Å². The van der Waals surface area contributed by atoms with Crippen molar-refractivity contribution in [2.24, 2.45) is 5.73 Å². The lowest BCUT2D eigenvalue weighted by atomic mass is 10.2. The molecule has 0 spiro atoms. The van der Waals surface area contributed by atoms with Gasteiger partial charge in [-0.25, -0.2) is 9.59 Å². The first kappa shape index (κ1) is 15.3. The molecule has 1 rings (SSSR count). The highest BCUT2D eigenvalue weighted by molar-refractivity contribution is 5.97. The number of ether oxygens (including phenoxy) is 3. The molecular weight excluding hydrogens is 268 g/mol. The van der Waals surface area contributed by atoms with E-state index in [9.17, 15) is 14.4 Å². The lowest BCUT2D eigenvalue weighted by molar-refractivity contribution is -0.123. The Bertz CT molecular complexity index is 529. The Morgan fingerprint density at radius 1 is 1.20 bits per heavy atom. The van der Waals surface area contributed by atoms with E-state index in [-0.39, 0.29) is 11.3 Å². The highest BCUT2D eigenvalue weighted by Crippen LogP contribution is 2.25. The van der Waals surface area contributed by atoms with Crippen LogP contribution in [0.3, 0.4) is 0 Å². The van der Waals surface area contributed by atoms with E-state index >= 15 is 0 Å². The number of hydrogen-bond donors (Lipinski definition) is 2. The average molecular weight is 282 g/mol. The van der Waals surface area contributed by atoms with Gasteiger partial charge in [-0.3, -0.25) is 10.1 Å². The standard InChI is InChI=1S/C12H14N2O6/c1-18-7-3-4-8(9(5-7)19-2)11(16)20-6-10(15)14-12(13)17/h3-5H,6H2,1-2H3,(H3,13,14,15,17). The number of esters is 1. The molecule has 0 unspecified atom stereocenters. The van der Waals surface area contributed by atoms with Crippen LogP contribution in [0.4, 0.5) is 4.79 Å². The van der Waals surface area contributed by atoms with Crippen LogP contribution in [0, 0.1) is 0 Å². The predicted octanol–water partition coefficient (Wildman–Crippen LogP) is 0.0555. The number of carbonyl (C=O) groups excluding carboxylic acids is 3. The summed E-state index contributed by atoms with van der Waals surface area (Å²) in [6.45, 7) is -0.628. The molecule has 1 aromatic carbocycles. The van der Waals surface area contributed by atoms with Crippen molar-refractivity contribution in [2.75, 3.05) is 20.8 Å². The predicted molar refractivity (Wildman–Crippen MR) is 67.6 cm³/mol. The Balaban J connectivity index is 2.72. The summed E-state index contributed by atoms with van der Waals surface area (Å²) >= 11 is 0. The molecule has 20 heavy (non-hydrogen) atoms. The molecule has 0 radical (unpaired) electrons. The first-order valence-electron chi connectivity index (χ1n) is 5.46. The van der Waals surface area contributed by atoms with Gasteiger partial charge in [0.15, 0.2) is 6.61 Å². The quantitative estimate of drug-likeness (QED) is 0.737. The first-order chi connectivity index (χ1) is 9.47. The zero-order valence-electron chi connectivity index (χ0n) is 11.0. The number of hydrogen-bond acceptors (Lipinski definition) is 6. The number of amides is 3. The molecule has 3 amide bonds. The van der Waals surface area contributed by atoms with Gasteiger partial charge in [-0.05, 0) is 12.1 Å². The van der Waals surface area contributed by atoms with Crippen molar-refractivity contribution in [1.82, 2.24) is 5.32 Å². The lowest BCUT2D eigenvalue weighted by Crippen LogP contribution is -2.37. The highest BCUT2D eigenvalue weighted by Gasteiger charge is 2.16. The summed E-state index contributed by atoms with van der Waals surface area (Å²) in [4.78, 5) is 33.3. The van der Waals surface area contributed by atoms with E-state index in [1.807, 2.05) is 0 Å². The van der Waals surface area contributed by atoms with Gasteiger partial charge in [0, 0.05) is 6.07 Å². The number of primary amides is 1. The van der Waals surface area contributed by atoms with Crippen molar-refractivity contribution in [3.63, 3.8) is 0 Å². The third kappa shape index (κ3) is 4.16. The first-order valence-corrected chi connectivity index (χ1v) is 5.46. The van der Waals surface area contributed by atoms with Crippen molar-refractivity contribution < 1.29 is 28.6 Å². The van der Waals surface area contributed by atoms with Crippen molar-refractivity contribution in [3.05, 3.63) is 23.8 Å². The van der Waals surface area contributed by atoms with Crippen LogP contribution in [0.5, 0.6) is 11.5 Å². The number of nitrogens with one attached hydrogen (secondary N) is 1. The zero-order chi connectivity index (χ0) is 15.1. The maximum Gasteiger partial charge on any atom is 0.342 e. The molecule has 0 fully saturated rings. The Hall–Kier alpha value is -2.77. The summed E-state index contributed by atoms with van der Waals surface area (Å²) in [7, 11) is 2.85. The third-order valence-corrected chi connectivity index (χ3v) is 2.23. The molecule has 0 heterocycles. The molecule has 0 saturated heterocycles. The van der Waals surface area contributed by atoms with Gasteiger partial charge in [0.25, 0.3) is 5.91 Å². The molecule has 1 aromatic rings. The number of rotatable bonds is 5. The van der Waals surface area contributed by atoms with Crippen molar-refractivity contribution in [1.29, 1.82) is 0 Å². The summed E-state index contributed by atoms with van der Waals surface area (Å²) in [5.41, 5.74) is 4.87. The molecule has 108 valence electrons. The second-order valence-corrected chi connectivity index (χ2v) is 3.55. The fraction of sp³-hybridized carbons (Fsp3) is 0.250. The minimum absolute atomic E-state index is 0.125. The normalized spacial score (nSPS) is 9.50. The van der Waals surface area contributed by atoms with Gasteiger partial charge in [0.2, 0.25) is 0 Å². The fourth-order valence-electron chi connectivity index (χ4n) is 1.35. The summed E-state index contributed by atoms with van der Waals surface area (Å²) in [5, 5.41) is 1.77. The van der Waals surface area contributed by atoms with Crippen LogP contribution in [0.2, 0.25) is 0 Å². The Morgan fingerprint density at radius 2 is 1.90 bits per heavy atom. The topological polar surface area (TPSA) is 117 Å². The molecule has 8 nitrogen and oxygen atoms in total. The minimum Gasteiger partial charge on any atom is -0.497 e. The third-order valence-electron chi connectivity index (χ3n) is 2.23. The average Bonchev–Trinajstić information content (AvgIpc) is 2.43. The largest absolute Gasteiger partial charge is 0.497 e. The van der Waals surface area contributed by atoms with E-state index in [0.717, 1.165) is 0 Å². The van der Waals surface area contributed by atoms with Crippen LogP contribution in [0.25, 0.3) is 0 Å². The summed E-state index contributed by atoms with van der Waals surface area (Å²) in [6.07, 6.45) is 0. The van der Waals surface area contributed by atoms with Gasteiger partial charge in [-0.2, -0.15) is 0 Å². The van der Waals surface area contributed by atoms with Crippen molar-refractivity contribution >= 4 is 17.9 Å². The smallest absolute Gasteiger partial charge is 0.342 e. The zero-order valence-corrected chi connectivity index (χ0v) is 11.0. The Kier molecular flexibility index (Phi) is 5.33. The minimum atomic E-state index is -1.02. The number of benzene rings is 1. The van der Waals surface area contributed by atoms with E-state index in [4.69, 9.17) is 19.9 Å². The maximum atomic E-state index is 11.8. The van der Waals surface area contributed by atoms with E-state index in [0.29, 0.717) is 5.75 Å². The van der Waals surface area contributed by atoms with Crippen molar-refractivity contribution in [3.8, 4) is 11.5 Å². The SMILES string of the molecule is COc1ccc(C(=O)OCC(=O)NC(N)=O)c(OC)c1. The number of methoxy groups -OCH3 is 2. The van der Waals surface area contributed by atoms with Gasteiger partial charge in [-0.15, -0.1) is 0 Å². The number of imide groups is 1. The monoisotopic (exact) mass is 282 g/mol. The summed E-state index contributed by atoms with van der Waals surface area (Å²) in [5.74, 6) is -0.850. The molecule has 8 heteroatoms. The van der Waals surface area contributed by atoms with Gasteiger partial charge < -0.3 is 19.9 Å². The number of carbonyl (C=O) groups is 3. The molecule has 0 saturated carbocycles. The molecule has 0 aliphatic carbocycles. The van der Waals surface area contributed by atoms with Gasteiger partial charge in [0.05, 0.1) is 14.2 Å². The summed E-state index contributed by atoms with van der Waals surface area (Å²) in [6, 6.07) is 3.46. The number of nitrogens with two attached hydrogens (primary N) is 1. The van der Waals surface area contributed by atoms with Crippen LogP contribution in [-0.2, 0) is 9.53 Å². The van der Waals surface area contributed by atoms with Gasteiger partial charge in [0.1, 0.15) is 17.1 Å². The van der Waals surface area contributed by atoms with Crippen LogP contribution in [0.15, 0.2) is 18.2 Å². The Morgan fingerprint density at radius 3 is 2.45 bits per heavy atom. The molecule has 0 aromatic heterocycles. The molecule has 0 aliphatic heterocycles. The summed E-state index contributed by atoms with van der Waals surface area (Å²) < 4.78 is 14.7. The van der Waals surface area contributed by atoms with E-state index < -0.39 is 24.5 Å². The maximum absolute atomic E-state index is 11.8. The van der Waals surface area contributed by atoms with Crippen LogP contribution in [-0.4, -0.2) is 38.7 Å². The van der Waals surface area contributed by atoms with Crippen LogP contribution in [0.1, 0.15) is 10.4 Å². The molecule has 0 aliphatic rings.